The largest absolute Gasteiger partial charge is 0.508 e. The molecule has 0 bridgehead atoms. The lowest BCUT2D eigenvalue weighted by Crippen LogP contribution is -2.36. The summed E-state index contributed by atoms with van der Waals surface area (Å²) < 4.78 is 40.4. The van der Waals surface area contributed by atoms with Crippen LogP contribution in [0, 0.1) is 0 Å². The molecule has 8 heteroatoms. The van der Waals surface area contributed by atoms with Crippen LogP contribution < -0.4 is 0 Å². The van der Waals surface area contributed by atoms with E-state index in [0.29, 0.717) is 13.0 Å². The molecule has 1 aromatic heterocycles. The van der Waals surface area contributed by atoms with Gasteiger partial charge in [-0.2, -0.15) is 18.3 Å². The molecule has 0 radical (unpaired) electrons. The van der Waals surface area contributed by atoms with Crippen molar-refractivity contribution in [1.29, 1.82) is 0 Å². The number of rotatable bonds is 3. The van der Waals surface area contributed by atoms with Crippen molar-refractivity contribution in [2.24, 2.45) is 0 Å². The highest BCUT2D eigenvalue weighted by Crippen LogP contribution is 2.38. The maximum atomic E-state index is 13.1. The molecule has 1 aromatic carbocycles. The summed E-state index contributed by atoms with van der Waals surface area (Å²) in [6, 6.07) is 7.43. The molecule has 1 aliphatic heterocycles. The van der Waals surface area contributed by atoms with Crippen LogP contribution >= 0.6 is 0 Å². The lowest BCUT2D eigenvalue weighted by atomic mass is 10.0. The van der Waals surface area contributed by atoms with Gasteiger partial charge in [-0.3, -0.25) is 9.48 Å². The van der Waals surface area contributed by atoms with Gasteiger partial charge in [0, 0.05) is 19.2 Å². The van der Waals surface area contributed by atoms with Crippen molar-refractivity contribution < 1.29 is 23.1 Å². The molecule has 1 amide bonds. The van der Waals surface area contributed by atoms with Gasteiger partial charge in [-0.05, 0) is 42.5 Å². The zero-order chi connectivity index (χ0) is 19.2. The summed E-state index contributed by atoms with van der Waals surface area (Å²) in [4.78, 5) is 14.5. The van der Waals surface area contributed by atoms with Gasteiger partial charge in [0.05, 0.1) is 6.04 Å². The van der Waals surface area contributed by atoms with E-state index in [0.717, 1.165) is 30.0 Å². The SMILES string of the molecule is O=C(c1cc(C(F)(F)F)nn1C1CC1)N1CCC=C(c2cccc(O)c2)C1. The highest BCUT2D eigenvalue weighted by atomic mass is 19.4. The maximum absolute atomic E-state index is 13.1. The second-order valence-electron chi connectivity index (χ2n) is 6.88. The molecule has 4 rings (SSSR count). The first-order chi connectivity index (χ1) is 12.8. The molecule has 0 spiro atoms. The third-order valence-electron chi connectivity index (χ3n) is 4.79. The highest BCUT2D eigenvalue weighted by Gasteiger charge is 2.39. The monoisotopic (exact) mass is 377 g/mol. The molecule has 1 N–H and O–H groups in total. The van der Waals surface area contributed by atoms with Crippen LogP contribution in [0.3, 0.4) is 0 Å². The number of carbonyl (C=O) groups is 1. The van der Waals surface area contributed by atoms with E-state index in [9.17, 15) is 23.1 Å². The Morgan fingerprint density at radius 1 is 1.22 bits per heavy atom. The van der Waals surface area contributed by atoms with Crippen LogP contribution in [0.15, 0.2) is 36.4 Å². The van der Waals surface area contributed by atoms with E-state index in [2.05, 4.69) is 5.10 Å². The Balaban J connectivity index is 1.60. The van der Waals surface area contributed by atoms with E-state index < -0.39 is 17.8 Å². The molecule has 2 heterocycles. The number of amides is 1. The van der Waals surface area contributed by atoms with Crippen molar-refractivity contribution in [2.75, 3.05) is 13.1 Å². The molecule has 1 fully saturated rings. The molecular formula is C19H18F3N3O2. The van der Waals surface area contributed by atoms with Gasteiger partial charge in [0.25, 0.3) is 5.91 Å². The predicted molar refractivity (Wildman–Crippen MR) is 92.1 cm³/mol. The fourth-order valence-corrected chi connectivity index (χ4v) is 3.28. The van der Waals surface area contributed by atoms with Gasteiger partial charge in [0.1, 0.15) is 11.4 Å². The van der Waals surface area contributed by atoms with Crippen LogP contribution in [0.5, 0.6) is 5.75 Å². The smallest absolute Gasteiger partial charge is 0.435 e. The van der Waals surface area contributed by atoms with E-state index in [4.69, 9.17) is 0 Å². The third-order valence-corrected chi connectivity index (χ3v) is 4.79. The molecule has 142 valence electrons. The zero-order valence-corrected chi connectivity index (χ0v) is 14.4. The van der Waals surface area contributed by atoms with Gasteiger partial charge in [0.15, 0.2) is 5.69 Å². The summed E-state index contributed by atoms with van der Waals surface area (Å²) in [6.45, 7) is 0.706. The number of hydrogen-bond acceptors (Lipinski definition) is 3. The summed E-state index contributed by atoms with van der Waals surface area (Å²) >= 11 is 0. The summed E-state index contributed by atoms with van der Waals surface area (Å²) in [5.41, 5.74) is 0.610. The van der Waals surface area contributed by atoms with Crippen LogP contribution in [0.4, 0.5) is 13.2 Å². The van der Waals surface area contributed by atoms with Crippen LogP contribution in [0.2, 0.25) is 0 Å². The predicted octanol–water partition coefficient (Wildman–Crippen LogP) is 3.87. The topological polar surface area (TPSA) is 58.4 Å². The maximum Gasteiger partial charge on any atom is 0.435 e. The summed E-state index contributed by atoms with van der Waals surface area (Å²) in [6.07, 6.45) is -0.538. The van der Waals surface area contributed by atoms with Crippen LogP contribution in [-0.4, -0.2) is 38.8 Å². The molecule has 0 atom stereocenters. The number of phenolic OH excluding ortho intramolecular Hbond substituents is 1. The Kier molecular flexibility index (Phi) is 4.20. The number of halogens is 3. The molecular weight excluding hydrogens is 359 g/mol. The number of aromatic nitrogens is 2. The fraction of sp³-hybridized carbons (Fsp3) is 0.368. The summed E-state index contributed by atoms with van der Waals surface area (Å²) in [7, 11) is 0. The molecule has 0 unspecified atom stereocenters. The molecule has 1 aliphatic carbocycles. The number of carbonyl (C=O) groups excluding carboxylic acids is 1. The van der Waals surface area contributed by atoms with Gasteiger partial charge < -0.3 is 10.0 Å². The van der Waals surface area contributed by atoms with Crippen molar-refractivity contribution >= 4 is 11.5 Å². The second kappa shape index (κ2) is 6.44. The van der Waals surface area contributed by atoms with Gasteiger partial charge in [-0.1, -0.05) is 18.2 Å². The number of nitrogens with zero attached hydrogens (tertiary/aromatic N) is 3. The Hall–Kier alpha value is -2.77. The number of hydrogen-bond donors (Lipinski definition) is 1. The minimum Gasteiger partial charge on any atom is -0.508 e. The number of benzene rings is 1. The van der Waals surface area contributed by atoms with E-state index in [-0.39, 0.29) is 24.0 Å². The van der Waals surface area contributed by atoms with Crippen LogP contribution in [0.25, 0.3) is 5.57 Å². The van der Waals surface area contributed by atoms with Crippen molar-refractivity contribution in [3.8, 4) is 5.75 Å². The lowest BCUT2D eigenvalue weighted by Gasteiger charge is -2.28. The molecule has 2 aliphatic rings. The van der Waals surface area contributed by atoms with E-state index in [1.165, 1.54) is 9.58 Å². The van der Waals surface area contributed by atoms with E-state index >= 15 is 0 Å². The Bertz CT molecular complexity index is 913. The Morgan fingerprint density at radius 2 is 2.00 bits per heavy atom. The fourth-order valence-electron chi connectivity index (χ4n) is 3.28. The Morgan fingerprint density at radius 3 is 2.67 bits per heavy atom. The van der Waals surface area contributed by atoms with Gasteiger partial charge in [0.2, 0.25) is 0 Å². The van der Waals surface area contributed by atoms with E-state index in [1.807, 2.05) is 12.1 Å². The highest BCUT2D eigenvalue weighted by molar-refractivity contribution is 5.94. The van der Waals surface area contributed by atoms with Crippen LogP contribution in [0.1, 0.15) is 47.1 Å². The van der Waals surface area contributed by atoms with Crippen molar-refractivity contribution in [2.45, 2.75) is 31.5 Å². The van der Waals surface area contributed by atoms with Gasteiger partial charge in [-0.15, -0.1) is 0 Å². The molecule has 0 saturated heterocycles. The average molecular weight is 377 g/mol. The van der Waals surface area contributed by atoms with Crippen molar-refractivity contribution in [1.82, 2.24) is 14.7 Å². The number of phenols is 1. The first-order valence-electron chi connectivity index (χ1n) is 8.77. The van der Waals surface area contributed by atoms with E-state index in [1.54, 1.807) is 18.2 Å². The summed E-state index contributed by atoms with van der Waals surface area (Å²) in [5.74, 6) is -0.325. The first kappa shape index (κ1) is 17.6. The zero-order valence-electron chi connectivity index (χ0n) is 14.4. The quantitative estimate of drug-likeness (QED) is 0.883. The lowest BCUT2D eigenvalue weighted by molar-refractivity contribution is -0.141. The minimum absolute atomic E-state index is 0.0121. The van der Waals surface area contributed by atoms with Gasteiger partial charge >= 0.3 is 6.18 Å². The molecule has 2 aromatic rings. The number of alkyl halides is 3. The molecule has 27 heavy (non-hydrogen) atoms. The van der Waals surface area contributed by atoms with Gasteiger partial charge in [-0.25, -0.2) is 0 Å². The average Bonchev–Trinajstić information content (AvgIpc) is 3.38. The third kappa shape index (κ3) is 3.56. The molecule has 1 saturated carbocycles. The van der Waals surface area contributed by atoms with Crippen LogP contribution in [-0.2, 0) is 6.18 Å². The second-order valence-corrected chi connectivity index (χ2v) is 6.88. The first-order valence-corrected chi connectivity index (χ1v) is 8.77. The van der Waals surface area contributed by atoms with Crippen molar-refractivity contribution in [3.05, 3.63) is 53.4 Å². The Labute approximate surface area is 153 Å². The normalized spacial score (nSPS) is 17.7. The minimum atomic E-state index is -4.58. The molecule has 5 nitrogen and oxygen atoms in total. The van der Waals surface area contributed by atoms with Crippen molar-refractivity contribution in [3.63, 3.8) is 0 Å². The standard InChI is InChI=1S/C19H18F3N3O2/c20-19(21,22)17-10-16(25(23-17)14-6-7-14)18(27)24-8-2-4-13(11-24)12-3-1-5-15(26)9-12/h1,3-5,9-10,14,26H,2,6-8,11H2. The number of aromatic hydroxyl groups is 1. The summed E-state index contributed by atoms with van der Waals surface area (Å²) in [5, 5.41) is 13.3.